The molecule has 2 unspecified atom stereocenters. The van der Waals surface area contributed by atoms with Crippen molar-refractivity contribution in [1.82, 2.24) is 0 Å². The number of hydrogen-bond acceptors (Lipinski definition) is 3. The van der Waals surface area contributed by atoms with Crippen molar-refractivity contribution in [2.75, 3.05) is 6.54 Å². The molecule has 1 fully saturated rings. The third-order valence-corrected chi connectivity index (χ3v) is 3.10. The average molecular weight is 211 g/mol. The van der Waals surface area contributed by atoms with Gasteiger partial charge in [-0.15, -0.1) is 0 Å². The van der Waals surface area contributed by atoms with Crippen molar-refractivity contribution < 1.29 is 5.11 Å². The molecule has 84 valence electrons. The molecule has 0 heterocycles. The Morgan fingerprint density at radius 3 is 2.67 bits per heavy atom. The minimum Gasteiger partial charge on any atom is -0.408 e. The Balaban J connectivity index is 2.79. The van der Waals surface area contributed by atoms with Crippen LogP contribution in [0.5, 0.6) is 0 Å². The summed E-state index contributed by atoms with van der Waals surface area (Å²) in [6.45, 7) is 6.90. The van der Waals surface area contributed by atoms with Gasteiger partial charge in [-0.3, -0.25) is 0 Å². The molecule has 1 saturated carbocycles. The van der Waals surface area contributed by atoms with Gasteiger partial charge in [-0.05, 0) is 29.5 Å². The highest BCUT2D eigenvalue weighted by atomic mass is 16.3. The van der Waals surface area contributed by atoms with Crippen LogP contribution >= 0.6 is 0 Å². The van der Waals surface area contributed by atoms with Crippen LogP contribution < -0.4 is 0 Å². The maximum atomic E-state index is 10.7. The van der Waals surface area contributed by atoms with Crippen molar-refractivity contribution >= 4 is 0 Å². The lowest BCUT2D eigenvalue weighted by molar-refractivity contribution is 0.0964. The van der Waals surface area contributed by atoms with Crippen LogP contribution in [0.1, 0.15) is 40.0 Å². The Morgan fingerprint density at radius 1 is 1.47 bits per heavy atom. The Hall–Kier alpha value is -1.11. The summed E-state index contributed by atoms with van der Waals surface area (Å²) >= 11 is 0. The molecule has 0 aromatic rings. The molecule has 0 spiro atoms. The molecule has 1 aliphatic carbocycles. The molecule has 0 aliphatic heterocycles. The monoisotopic (exact) mass is 211 g/mol. The second kappa shape index (κ2) is 4.18. The lowest BCUT2D eigenvalue weighted by atomic mass is 9.63. The van der Waals surface area contributed by atoms with Crippen molar-refractivity contribution in [3.05, 3.63) is 9.75 Å². The van der Waals surface area contributed by atoms with E-state index in [1.807, 2.05) is 6.26 Å². The molecular weight excluding hydrogens is 192 g/mol. The number of aliphatic hydroxyl groups is 1. The van der Waals surface area contributed by atoms with E-state index in [0.717, 1.165) is 19.3 Å². The SMILES string of the molecule is CC1(C)CC(N=O)CC(C)(C[N+]#CO)C1. The van der Waals surface area contributed by atoms with Gasteiger partial charge in [0.15, 0.2) is 0 Å². The van der Waals surface area contributed by atoms with E-state index < -0.39 is 0 Å². The average Bonchev–Trinajstić information content (AvgIpc) is 2.12. The third kappa shape index (κ3) is 3.19. The highest BCUT2D eigenvalue weighted by molar-refractivity contribution is 4.98. The fourth-order valence-corrected chi connectivity index (χ4v) is 3.00. The van der Waals surface area contributed by atoms with Gasteiger partial charge in [0.25, 0.3) is 6.54 Å². The van der Waals surface area contributed by atoms with Gasteiger partial charge in [-0.2, -0.15) is 4.91 Å². The Morgan fingerprint density at radius 2 is 2.13 bits per heavy atom. The van der Waals surface area contributed by atoms with Gasteiger partial charge in [0.1, 0.15) is 0 Å². The van der Waals surface area contributed by atoms with E-state index in [0.29, 0.717) is 6.54 Å². The van der Waals surface area contributed by atoms with Crippen molar-refractivity contribution in [2.24, 2.45) is 16.0 Å². The summed E-state index contributed by atoms with van der Waals surface area (Å²) in [7, 11) is 0. The first kappa shape index (κ1) is 12.0. The van der Waals surface area contributed by atoms with E-state index in [2.05, 4.69) is 30.8 Å². The third-order valence-electron chi connectivity index (χ3n) is 3.10. The predicted molar refractivity (Wildman–Crippen MR) is 59.4 cm³/mol. The lowest BCUT2D eigenvalue weighted by Gasteiger charge is -2.41. The highest BCUT2D eigenvalue weighted by Crippen LogP contribution is 2.47. The topological polar surface area (TPSA) is 54.0 Å². The smallest absolute Gasteiger partial charge is 0.408 e. The minimum absolute atomic E-state index is 0.0456. The molecule has 1 rings (SSSR count). The lowest BCUT2D eigenvalue weighted by Crippen LogP contribution is -2.39. The van der Waals surface area contributed by atoms with Crippen LogP contribution in [0.3, 0.4) is 0 Å². The molecule has 2 atom stereocenters. The summed E-state index contributed by atoms with van der Waals surface area (Å²) in [4.78, 5) is 14.4. The second-order valence-corrected chi connectivity index (χ2v) is 5.74. The van der Waals surface area contributed by atoms with E-state index in [-0.39, 0.29) is 16.9 Å². The summed E-state index contributed by atoms with van der Waals surface area (Å²) in [5.41, 5.74) is 0.0760. The molecule has 0 aromatic carbocycles. The van der Waals surface area contributed by atoms with Gasteiger partial charge in [-0.25, -0.2) is 0 Å². The largest absolute Gasteiger partial charge is 0.511 e. The Kier molecular flexibility index (Phi) is 3.33. The summed E-state index contributed by atoms with van der Waals surface area (Å²) in [5, 5.41) is 11.6. The zero-order chi connectivity index (χ0) is 11.5. The van der Waals surface area contributed by atoms with Crippen molar-refractivity contribution in [3.63, 3.8) is 0 Å². The first-order valence-corrected chi connectivity index (χ1v) is 5.29. The standard InChI is InChI=1S/C11H18N2O2/c1-10(2)4-9(13-15)5-11(3,6-10)7-12-8-14/h9H,4-7H2,1-3H3/p+1. The number of nitroso groups, excluding NO2 is 1. The quantitative estimate of drug-likeness (QED) is 0.564. The summed E-state index contributed by atoms with van der Waals surface area (Å²) in [5.74, 6) is 0. The molecule has 0 aromatic heterocycles. The van der Waals surface area contributed by atoms with Gasteiger partial charge < -0.3 is 5.11 Å². The zero-order valence-corrected chi connectivity index (χ0v) is 9.66. The molecular formula is C11H19N2O2+. The number of aliphatic hydroxyl groups excluding tert-OH is 1. The second-order valence-electron chi connectivity index (χ2n) is 5.74. The minimum atomic E-state index is -0.118. The van der Waals surface area contributed by atoms with Crippen molar-refractivity contribution in [2.45, 2.75) is 46.1 Å². The van der Waals surface area contributed by atoms with Gasteiger partial charge in [0, 0.05) is 5.41 Å². The van der Waals surface area contributed by atoms with Crippen LogP contribution in [0.15, 0.2) is 5.18 Å². The number of nitrogens with zero attached hydrogens (tertiary/aromatic N) is 2. The maximum Gasteiger partial charge on any atom is 0.511 e. The molecule has 0 bridgehead atoms. The van der Waals surface area contributed by atoms with Gasteiger partial charge >= 0.3 is 6.26 Å². The molecule has 0 saturated heterocycles. The van der Waals surface area contributed by atoms with E-state index in [9.17, 15) is 4.91 Å². The highest BCUT2D eigenvalue weighted by Gasteiger charge is 2.44. The zero-order valence-electron chi connectivity index (χ0n) is 9.66. The Bertz CT molecular complexity index is 303. The number of hydrogen-bond donors (Lipinski definition) is 1. The molecule has 0 radical (unpaired) electrons. The first-order valence-electron chi connectivity index (χ1n) is 5.29. The molecule has 1 N–H and O–H groups in total. The molecule has 4 heteroatoms. The van der Waals surface area contributed by atoms with Crippen molar-refractivity contribution in [3.8, 4) is 6.26 Å². The summed E-state index contributed by atoms with van der Waals surface area (Å²) in [6.07, 6.45) is 4.41. The van der Waals surface area contributed by atoms with Crippen LogP contribution in [0.4, 0.5) is 0 Å². The van der Waals surface area contributed by atoms with E-state index >= 15 is 0 Å². The van der Waals surface area contributed by atoms with Gasteiger partial charge in [-0.1, -0.05) is 25.9 Å². The van der Waals surface area contributed by atoms with Crippen LogP contribution in [-0.2, 0) is 0 Å². The fraction of sp³-hybridized carbons (Fsp3) is 0.909. The number of rotatable bonds is 2. The molecule has 4 nitrogen and oxygen atoms in total. The van der Waals surface area contributed by atoms with E-state index in [4.69, 9.17) is 5.11 Å². The normalized spacial score (nSPS) is 33.9. The molecule has 15 heavy (non-hydrogen) atoms. The maximum absolute atomic E-state index is 10.7. The van der Waals surface area contributed by atoms with Crippen molar-refractivity contribution in [1.29, 1.82) is 0 Å². The molecule has 0 amide bonds. The van der Waals surface area contributed by atoms with Crippen LogP contribution in [0, 0.1) is 22.0 Å². The summed E-state index contributed by atoms with van der Waals surface area (Å²) in [6, 6.07) is -0.118. The summed E-state index contributed by atoms with van der Waals surface area (Å²) < 4.78 is 0. The van der Waals surface area contributed by atoms with Gasteiger partial charge in [0.2, 0.25) is 0 Å². The fourth-order valence-electron chi connectivity index (χ4n) is 3.00. The predicted octanol–water partition coefficient (Wildman–Crippen LogP) is 3.00. The van der Waals surface area contributed by atoms with Gasteiger partial charge in [0.05, 0.1) is 6.04 Å². The first-order chi connectivity index (χ1) is 6.91. The van der Waals surface area contributed by atoms with Crippen LogP contribution in [0.25, 0.3) is 4.85 Å². The Labute approximate surface area is 90.5 Å². The molecule has 1 aliphatic rings. The van der Waals surface area contributed by atoms with Crippen LogP contribution in [0.2, 0.25) is 0 Å². The van der Waals surface area contributed by atoms with Crippen LogP contribution in [-0.4, -0.2) is 17.7 Å². The van der Waals surface area contributed by atoms with E-state index in [1.165, 1.54) is 0 Å². The van der Waals surface area contributed by atoms with E-state index in [1.54, 1.807) is 0 Å².